The lowest BCUT2D eigenvalue weighted by molar-refractivity contribution is -0.146. The largest absolute Gasteiger partial charge is 0.342 e. The summed E-state index contributed by atoms with van der Waals surface area (Å²) in [4.78, 5) is 38.4. The van der Waals surface area contributed by atoms with E-state index in [4.69, 9.17) is 18.0 Å². The van der Waals surface area contributed by atoms with Gasteiger partial charge >= 0.3 is 0 Å². The number of carbonyl (C=O) groups excluding carboxylic acids is 3. The van der Waals surface area contributed by atoms with E-state index in [1.165, 1.54) is 24.6 Å². The van der Waals surface area contributed by atoms with E-state index in [1.807, 2.05) is 6.07 Å². The molecule has 1 aromatic carbocycles. The minimum atomic E-state index is -2.96. The number of hydrogen-bond donors (Lipinski definition) is 1. The molecule has 170 valence electrons. The SMILES string of the molecule is C#CC1(CC(=O)C(=O)c2c(Cl)c(C(=O)Nc3ccc(C)c(C#N)c3)n(C)c2C)CC(F)(F)C1. The van der Waals surface area contributed by atoms with Crippen molar-refractivity contribution >= 4 is 34.8 Å². The first kappa shape index (κ1) is 24.2. The van der Waals surface area contributed by atoms with Crippen molar-refractivity contribution in [1.82, 2.24) is 4.57 Å². The van der Waals surface area contributed by atoms with E-state index in [0.717, 1.165) is 5.56 Å². The zero-order valence-corrected chi connectivity index (χ0v) is 18.9. The first-order chi connectivity index (χ1) is 15.3. The van der Waals surface area contributed by atoms with Crippen molar-refractivity contribution in [3.05, 3.63) is 51.3 Å². The smallest absolute Gasteiger partial charge is 0.273 e. The minimum Gasteiger partial charge on any atom is -0.342 e. The fraction of sp³-hybridized carbons (Fsp3) is 0.333. The van der Waals surface area contributed by atoms with Crippen LogP contribution in [0.4, 0.5) is 14.5 Å². The third-order valence-corrected chi connectivity index (χ3v) is 6.31. The number of nitrogens with zero attached hydrogens (tertiary/aromatic N) is 2. The summed E-state index contributed by atoms with van der Waals surface area (Å²) < 4.78 is 28.0. The highest BCUT2D eigenvalue weighted by atomic mass is 35.5. The Morgan fingerprint density at radius 3 is 2.45 bits per heavy atom. The van der Waals surface area contributed by atoms with Crippen LogP contribution in [0.15, 0.2) is 18.2 Å². The molecule has 0 unspecified atom stereocenters. The first-order valence-electron chi connectivity index (χ1n) is 9.95. The lowest BCUT2D eigenvalue weighted by Gasteiger charge is -2.43. The van der Waals surface area contributed by atoms with Crippen molar-refractivity contribution in [2.75, 3.05) is 5.32 Å². The standard InChI is InChI=1S/C24H20ClF2N3O3/c1-5-23(11-24(26,27)12-23)9-17(31)21(32)18-14(3)30(4)20(19(18)25)22(33)29-16-7-6-13(2)15(8-16)10-28/h1,6-8H,9,11-12H2,2-4H3,(H,29,33). The molecule has 1 aliphatic carbocycles. The summed E-state index contributed by atoms with van der Waals surface area (Å²) in [6.07, 6.45) is 3.51. The highest BCUT2D eigenvalue weighted by Crippen LogP contribution is 2.53. The predicted octanol–water partition coefficient (Wildman–Crippen LogP) is 4.61. The number of carbonyl (C=O) groups is 3. The number of anilines is 1. The van der Waals surface area contributed by atoms with Crippen molar-refractivity contribution in [3.8, 4) is 18.4 Å². The molecule has 33 heavy (non-hydrogen) atoms. The van der Waals surface area contributed by atoms with Crippen LogP contribution in [0.25, 0.3) is 0 Å². The molecule has 1 aromatic heterocycles. The summed E-state index contributed by atoms with van der Waals surface area (Å²) in [5, 5.41) is 11.6. The van der Waals surface area contributed by atoms with E-state index < -0.39 is 48.1 Å². The number of alkyl halides is 2. The van der Waals surface area contributed by atoms with Crippen molar-refractivity contribution in [1.29, 1.82) is 5.26 Å². The number of nitriles is 1. The number of aryl methyl sites for hydroxylation is 1. The van der Waals surface area contributed by atoms with Gasteiger partial charge in [-0.3, -0.25) is 14.4 Å². The van der Waals surface area contributed by atoms with E-state index in [0.29, 0.717) is 11.3 Å². The fourth-order valence-corrected chi connectivity index (χ4v) is 4.47. The average molecular weight is 472 g/mol. The molecule has 1 heterocycles. The summed E-state index contributed by atoms with van der Waals surface area (Å²) in [6, 6.07) is 6.81. The number of halogens is 3. The van der Waals surface area contributed by atoms with Crippen LogP contribution in [0.5, 0.6) is 0 Å². The number of nitrogens with one attached hydrogen (secondary N) is 1. The number of amides is 1. The highest BCUT2D eigenvalue weighted by molar-refractivity contribution is 6.49. The maximum absolute atomic E-state index is 13.3. The maximum atomic E-state index is 13.3. The molecule has 3 rings (SSSR count). The molecule has 0 aliphatic heterocycles. The van der Waals surface area contributed by atoms with Crippen LogP contribution in [0.2, 0.25) is 5.02 Å². The lowest BCUT2D eigenvalue weighted by atomic mass is 9.63. The Morgan fingerprint density at radius 2 is 1.91 bits per heavy atom. The number of aromatic nitrogens is 1. The zero-order valence-electron chi connectivity index (χ0n) is 18.2. The summed E-state index contributed by atoms with van der Waals surface area (Å²) >= 11 is 6.35. The maximum Gasteiger partial charge on any atom is 0.273 e. The van der Waals surface area contributed by atoms with Crippen LogP contribution in [-0.4, -0.2) is 28.0 Å². The fourth-order valence-electron chi connectivity index (χ4n) is 4.03. The molecule has 1 amide bonds. The number of ketones is 2. The normalized spacial score (nSPS) is 15.6. The second kappa shape index (κ2) is 8.46. The van der Waals surface area contributed by atoms with Gasteiger partial charge in [-0.05, 0) is 31.5 Å². The summed E-state index contributed by atoms with van der Waals surface area (Å²) in [6.45, 7) is 3.27. The second-order valence-electron chi connectivity index (χ2n) is 8.34. The Labute approximate surface area is 194 Å². The quantitative estimate of drug-likeness (QED) is 0.378. The van der Waals surface area contributed by atoms with Gasteiger partial charge in [0.15, 0.2) is 0 Å². The number of rotatable bonds is 6. The van der Waals surface area contributed by atoms with Gasteiger partial charge in [-0.1, -0.05) is 23.6 Å². The van der Waals surface area contributed by atoms with Crippen LogP contribution in [0, 0.1) is 42.9 Å². The first-order valence-corrected chi connectivity index (χ1v) is 10.3. The number of benzene rings is 1. The lowest BCUT2D eigenvalue weighted by Crippen LogP contribution is -2.47. The van der Waals surface area contributed by atoms with Crippen molar-refractivity contribution in [2.24, 2.45) is 12.5 Å². The molecule has 1 fully saturated rings. The van der Waals surface area contributed by atoms with E-state index in [9.17, 15) is 28.4 Å². The van der Waals surface area contributed by atoms with Gasteiger partial charge in [-0.15, -0.1) is 6.42 Å². The second-order valence-corrected chi connectivity index (χ2v) is 8.72. The molecule has 1 N–H and O–H groups in total. The van der Waals surface area contributed by atoms with Crippen LogP contribution in [-0.2, 0) is 11.8 Å². The summed E-state index contributed by atoms with van der Waals surface area (Å²) in [5.41, 5.74) is 0.133. The van der Waals surface area contributed by atoms with Gasteiger partial charge in [-0.25, -0.2) is 8.78 Å². The van der Waals surface area contributed by atoms with E-state index in [1.54, 1.807) is 19.1 Å². The molecule has 9 heteroatoms. The molecular formula is C24H20ClF2N3O3. The van der Waals surface area contributed by atoms with Gasteiger partial charge in [-0.2, -0.15) is 5.26 Å². The van der Waals surface area contributed by atoms with Crippen LogP contribution < -0.4 is 5.32 Å². The van der Waals surface area contributed by atoms with Crippen LogP contribution >= 0.6 is 11.6 Å². The monoisotopic (exact) mass is 471 g/mol. The molecule has 0 bridgehead atoms. The molecule has 1 aliphatic rings. The van der Waals surface area contributed by atoms with Gasteiger partial charge < -0.3 is 9.88 Å². The van der Waals surface area contributed by atoms with E-state index in [2.05, 4.69) is 11.2 Å². The van der Waals surface area contributed by atoms with Crippen molar-refractivity contribution < 1.29 is 23.2 Å². The highest BCUT2D eigenvalue weighted by Gasteiger charge is 2.56. The van der Waals surface area contributed by atoms with Gasteiger partial charge in [0.1, 0.15) is 5.69 Å². The third kappa shape index (κ3) is 4.40. The van der Waals surface area contributed by atoms with Gasteiger partial charge in [0, 0.05) is 43.1 Å². The number of terminal acetylenes is 1. The van der Waals surface area contributed by atoms with E-state index >= 15 is 0 Å². The molecular weight excluding hydrogens is 452 g/mol. The molecule has 2 aromatic rings. The van der Waals surface area contributed by atoms with Crippen LogP contribution in [0.1, 0.15) is 56.9 Å². The Morgan fingerprint density at radius 1 is 1.27 bits per heavy atom. The number of Topliss-reactive ketones (excluding diaryl/α,β-unsaturated/α-hetero) is 2. The molecule has 0 spiro atoms. The summed E-state index contributed by atoms with van der Waals surface area (Å²) in [5.74, 6) is -3.30. The number of hydrogen-bond acceptors (Lipinski definition) is 4. The topological polar surface area (TPSA) is 92.0 Å². The molecule has 0 atom stereocenters. The zero-order chi connectivity index (χ0) is 24.7. The van der Waals surface area contributed by atoms with Crippen LogP contribution in [0.3, 0.4) is 0 Å². The van der Waals surface area contributed by atoms with Crippen molar-refractivity contribution in [2.45, 2.75) is 39.0 Å². The summed E-state index contributed by atoms with van der Waals surface area (Å²) in [7, 11) is 1.50. The third-order valence-electron chi connectivity index (χ3n) is 5.94. The Hall–Kier alpha value is -3.49. The molecule has 6 nitrogen and oxygen atoms in total. The Kier molecular flexibility index (Phi) is 6.19. The molecule has 0 saturated heterocycles. The molecule has 0 radical (unpaired) electrons. The average Bonchev–Trinajstić information content (AvgIpc) is 2.95. The van der Waals surface area contributed by atoms with Gasteiger partial charge in [0.2, 0.25) is 11.6 Å². The Bertz CT molecular complexity index is 1270. The minimum absolute atomic E-state index is 0.0637. The van der Waals surface area contributed by atoms with Gasteiger partial charge in [0.05, 0.1) is 22.2 Å². The predicted molar refractivity (Wildman–Crippen MR) is 118 cm³/mol. The molecule has 1 saturated carbocycles. The Balaban J connectivity index is 1.87. The van der Waals surface area contributed by atoms with E-state index in [-0.39, 0.29) is 22.0 Å². The van der Waals surface area contributed by atoms with Gasteiger partial charge in [0.25, 0.3) is 11.8 Å². The van der Waals surface area contributed by atoms with Crippen molar-refractivity contribution in [3.63, 3.8) is 0 Å².